The number of amides is 1. The highest BCUT2D eigenvalue weighted by atomic mass is 32.2. The summed E-state index contributed by atoms with van der Waals surface area (Å²) in [6.07, 6.45) is 5.61. The molecule has 8 nitrogen and oxygen atoms in total. The van der Waals surface area contributed by atoms with Crippen LogP contribution in [0.1, 0.15) is 32.1 Å². The van der Waals surface area contributed by atoms with Crippen LogP contribution in [-0.2, 0) is 14.8 Å². The van der Waals surface area contributed by atoms with Gasteiger partial charge in [0.2, 0.25) is 15.9 Å². The van der Waals surface area contributed by atoms with Crippen LogP contribution in [0.4, 0.5) is 5.69 Å². The number of non-ortho nitro benzene ring substituents is 1. The molecule has 0 aromatic heterocycles. The summed E-state index contributed by atoms with van der Waals surface area (Å²) in [7, 11) is -3.71. The predicted octanol–water partition coefficient (Wildman–Crippen LogP) is 2.25. The third-order valence-corrected chi connectivity index (χ3v) is 8.51. The summed E-state index contributed by atoms with van der Waals surface area (Å²) in [4.78, 5) is 24.7. The van der Waals surface area contributed by atoms with E-state index in [0.29, 0.717) is 31.3 Å². The molecule has 3 fully saturated rings. The molecule has 4 rings (SSSR count). The first-order valence-electron chi connectivity index (χ1n) is 9.87. The standard InChI is InChI=1S/C19H25N3O5S/c23-19(13-16-12-14-1-2-15(16)11-14)20-7-9-21(10-8-20)28(26,27)18-5-3-17(4-6-18)22(24)25/h3-6,14-16H,1-2,7-13H2/t14-,15+,16+/m0/s1. The normalized spacial score (nSPS) is 27.9. The Kier molecular flexibility index (Phi) is 5.13. The topological polar surface area (TPSA) is 101 Å². The smallest absolute Gasteiger partial charge is 0.269 e. The number of fused-ring (bicyclic) bond motifs is 2. The monoisotopic (exact) mass is 407 g/mol. The Bertz CT molecular complexity index is 862. The number of benzene rings is 1. The number of hydrogen-bond donors (Lipinski definition) is 0. The zero-order chi connectivity index (χ0) is 19.9. The summed E-state index contributed by atoms with van der Waals surface area (Å²) in [6, 6.07) is 4.92. The number of nitro groups is 1. The van der Waals surface area contributed by atoms with Crippen LogP contribution in [0.5, 0.6) is 0 Å². The highest BCUT2D eigenvalue weighted by Crippen LogP contribution is 2.49. The molecule has 2 aliphatic carbocycles. The van der Waals surface area contributed by atoms with Crippen LogP contribution in [0, 0.1) is 27.9 Å². The summed E-state index contributed by atoms with van der Waals surface area (Å²) >= 11 is 0. The first-order valence-corrected chi connectivity index (χ1v) is 11.3. The number of nitrogens with zero attached hydrogens (tertiary/aromatic N) is 3. The summed E-state index contributed by atoms with van der Waals surface area (Å²) < 4.78 is 26.9. The summed E-state index contributed by atoms with van der Waals surface area (Å²) in [5.74, 6) is 2.17. The van der Waals surface area contributed by atoms with E-state index in [9.17, 15) is 23.3 Å². The fourth-order valence-electron chi connectivity index (χ4n) is 5.05. The lowest BCUT2D eigenvalue weighted by atomic mass is 9.86. The van der Waals surface area contributed by atoms with Gasteiger partial charge in [0.25, 0.3) is 5.69 Å². The lowest BCUT2D eigenvalue weighted by Crippen LogP contribution is -2.50. The lowest BCUT2D eigenvalue weighted by Gasteiger charge is -2.35. The molecule has 1 aliphatic heterocycles. The van der Waals surface area contributed by atoms with Crippen molar-refractivity contribution in [3.05, 3.63) is 34.4 Å². The molecule has 0 N–H and O–H groups in total. The minimum Gasteiger partial charge on any atom is -0.340 e. The number of sulfonamides is 1. The molecule has 152 valence electrons. The number of carbonyl (C=O) groups excluding carboxylic acids is 1. The first-order chi connectivity index (χ1) is 13.3. The Morgan fingerprint density at radius 2 is 1.75 bits per heavy atom. The van der Waals surface area contributed by atoms with Gasteiger partial charge in [-0.25, -0.2) is 8.42 Å². The fourth-order valence-corrected chi connectivity index (χ4v) is 6.47. The van der Waals surface area contributed by atoms with Crippen molar-refractivity contribution in [1.29, 1.82) is 0 Å². The average Bonchev–Trinajstić information content (AvgIpc) is 3.31. The Labute approximate surface area is 164 Å². The van der Waals surface area contributed by atoms with Gasteiger partial charge in [-0.1, -0.05) is 6.42 Å². The molecular formula is C19H25N3O5S. The van der Waals surface area contributed by atoms with Crippen LogP contribution >= 0.6 is 0 Å². The average molecular weight is 407 g/mol. The zero-order valence-electron chi connectivity index (χ0n) is 15.7. The van der Waals surface area contributed by atoms with E-state index in [2.05, 4.69) is 0 Å². The van der Waals surface area contributed by atoms with Crippen molar-refractivity contribution in [3.8, 4) is 0 Å². The molecule has 1 aromatic rings. The molecule has 28 heavy (non-hydrogen) atoms. The molecule has 1 aromatic carbocycles. The maximum absolute atomic E-state index is 12.8. The third-order valence-electron chi connectivity index (χ3n) is 6.60. The second-order valence-corrected chi connectivity index (χ2v) is 10.1. The minimum atomic E-state index is -3.71. The Balaban J connectivity index is 1.34. The van der Waals surface area contributed by atoms with E-state index in [0.717, 1.165) is 5.92 Å². The van der Waals surface area contributed by atoms with E-state index in [-0.39, 0.29) is 29.6 Å². The molecule has 0 spiro atoms. The van der Waals surface area contributed by atoms with Gasteiger partial charge in [0.15, 0.2) is 0 Å². The lowest BCUT2D eigenvalue weighted by molar-refractivity contribution is -0.384. The van der Waals surface area contributed by atoms with Gasteiger partial charge in [0, 0.05) is 44.7 Å². The highest BCUT2D eigenvalue weighted by molar-refractivity contribution is 7.89. The second-order valence-electron chi connectivity index (χ2n) is 8.17. The van der Waals surface area contributed by atoms with Gasteiger partial charge in [-0.2, -0.15) is 4.31 Å². The fraction of sp³-hybridized carbons (Fsp3) is 0.632. The van der Waals surface area contributed by atoms with Crippen LogP contribution in [0.15, 0.2) is 29.2 Å². The molecule has 3 aliphatic rings. The maximum atomic E-state index is 12.8. The quantitative estimate of drug-likeness (QED) is 0.550. The third kappa shape index (κ3) is 3.65. The Morgan fingerprint density at radius 3 is 2.29 bits per heavy atom. The SMILES string of the molecule is O=C(C[C@H]1C[C@H]2CC[C@@H]1C2)N1CCN(S(=O)(=O)c2ccc([N+](=O)[O-])cc2)CC1. The van der Waals surface area contributed by atoms with Crippen molar-refractivity contribution >= 4 is 21.6 Å². The molecule has 1 amide bonds. The van der Waals surface area contributed by atoms with Crippen molar-refractivity contribution in [2.45, 2.75) is 37.0 Å². The zero-order valence-corrected chi connectivity index (χ0v) is 16.5. The molecular weight excluding hydrogens is 382 g/mol. The molecule has 1 saturated heterocycles. The predicted molar refractivity (Wildman–Crippen MR) is 102 cm³/mol. The number of hydrogen-bond acceptors (Lipinski definition) is 5. The molecule has 9 heteroatoms. The number of rotatable bonds is 5. The number of nitro benzene ring substituents is 1. The van der Waals surface area contributed by atoms with Crippen LogP contribution < -0.4 is 0 Å². The van der Waals surface area contributed by atoms with Crippen molar-refractivity contribution in [3.63, 3.8) is 0 Å². The molecule has 2 bridgehead atoms. The van der Waals surface area contributed by atoms with Crippen molar-refractivity contribution in [1.82, 2.24) is 9.21 Å². The Hall–Kier alpha value is -2.00. The highest BCUT2D eigenvalue weighted by Gasteiger charge is 2.41. The second kappa shape index (κ2) is 7.44. The summed E-state index contributed by atoms with van der Waals surface area (Å²) in [6.45, 7) is 1.29. The Morgan fingerprint density at radius 1 is 1.07 bits per heavy atom. The van der Waals surface area contributed by atoms with E-state index in [1.54, 1.807) is 4.90 Å². The molecule has 2 saturated carbocycles. The van der Waals surface area contributed by atoms with E-state index in [1.807, 2.05) is 0 Å². The largest absolute Gasteiger partial charge is 0.340 e. The van der Waals surface area contributed by atoms with Gasteiger partial charge in [-0.3, -0.25) is 14.9 Å². The first kappa shape index (κ1) is 19.3. The van der Waals surface area contributed by atoms with Crippen LogP contribution in [0.2, 0.25) is 0 Å². The molecule has 0 radical (unpaired) electrons. The van der Waals surface area contributed by atoms with E-state index in [4.69, 9.17) is 0 Å². The van der Waals surface area contributed by atoms with Gasteiger partial charge < -0.3 is 4.90 Å². The van der Waals surface area contributed by atoms with Gasteiger partial charge in [-0.05, 0) is 49.1 Å². The van der Waals surface area contributed by atoms with Gasteiger partial charge in [0.05, 0.1) is 9.82 Å². The maximum Gasteiger partial charge on any atom is 0.269 e. The number of piperazine rings is 1. The van der Waals surface area contributed by atoms with E-state index < -0.39 is 14.9 Å². The van der Waals surface area contributed by atoms with Gasteiger partial charge >= 0.3 is 0 Å². The van der Waals surface area contributed by atoms with Crippen LogP contribution in [0.3, 0.4) is 0 Å². The van der Waals surface area contributed by atoms with Crippen molar-refractivity contribution < 1.29 is 18.1 Å². The van der Waals surface area contributed by atoms with E-state index >= 15 is 0 Å². The van der Waals surface area contributed by atoms with Crippen molar-refractivity contribution in [2.24, 2.45) is 17.8 Å². The molecule has 0 unspecified atom stereocenters. The minimum absolute atomic E-state index is 0.0415. The van der Waals surface area contributed by atoms with E-state index in [1.165, 1.54) is 54.3 Å². The number of carbonyl (C=O) groups is 1. The molecule has 3 atom stereocenters. The van der Waals surface area contributed by atoms with Crippen LogP contribution in [0.25, 0.3) is 0 Å². The van der Waals surface area contributed by atoms with Crippen molar-refractivity contribution in [2.75, 3.05) is 26.2 Å². The molecule has 1 heterocycles. The summed E-state index contributed by atoms with van der Waals surface area (Å²) in [5.41, 5.74) is -0.144. The summed E-state index contributed by atoms with van der Waals surface area (Å²) in [5, 5.41) is 10.7. The van der Waals surface area contributed by atoms with Crippen LogP contribution in [-0.4, -0.2) is 54.6 Å². The van der Waals surface area contributed by atoms with Gasteiger partial charge in [-0.15, -0.1) is 0 Å². The van der Waals surface area contributed by atoms with Gasteiger partial charge in [0.1, 0.15) is 0 Å².